The molecule has 0 saturated carbocycles. The van der Waals surface area contributed by atoms with Gasteiger partial charge in [0.1, 0.15) is 11.8 Å². The Bertz CT molecular complexity index is 651. The van der Waals surface area contributed by atoms with Crippen LogP contribution in [0.3, 0.4) is 0 Å². The monoisotopic (exact) mass is 376 g/mol. The molecule has 148 valence electrons. The summed E-state index contributed by atoms with van der Waals surface area (Å²) >= 11 is 0. The summed E-state index contributed by atoms with van der Waals surface area (Å²) in [7, 11) is 1.55. The normalized spacial score (nSPS) is 15.2. The average Bonchev–Trinajstić information content (AvgIpc) is 2.70. The lowest BCUT2D eigenvalue weighted by atomic mass is 10.0. The van der Waals surface area contributed by atoms with Crippen LogP contribution in [0.1, 0.15) is 43.5 Å². The molecule has 1 fully saturated rings. The molecular weight excluding hydrogens is 348 g/mol. The minimum absolute atomic E-state index is 0.176. The quantitative estimate of drug-likeness (QED) is 0.736. The highest BCUT2D eigenvalue weighted by atomic mass is 16.5. The van der Waals surface area contributed by atoms with E-state index in [0.29, 0.717) is 24.4 Å². The number of rotatable bonds is 7. The average molecular weight is 376 g/mol. The molecule has 27 heavy (non-hydrogen) atoms. The van der Waals surface area contributed by atoms with Crippen molar-refractivity contribution in [3.05, 3.63) is 29.8 Å². The lowest BCUT2D eigenvalue weighted by molar-refractivity contribution is -0.154. The fraction of sp³-hybridized carbons (Fsp3) is 0.550. The summed E-state index contributed by atoms with van der Waals surface area (Å²) in [6.07, 6.45) is 3.08. The number of piperidine rings is 1. The van der Waals surface area contributed by atoms with Gasteiger partial charge in [-0.05, 0) is 49.4 Å². The first kappa shape index (κ1) is 20.7. The molecular formula is C20H28N2O5. The largest absolute Gasteiger partial charge is 0.497 e. The van der Waals surface area contributed by atoms with Gasteiger partial charge in [-0.2, -0.15) is 0 Å². The highest BCUT2D eigenvalue weighted by Crippen LogP contribution is 2.13. The molecule has 7 nitrogen and oxygen atoms in total. The second-order valence-corrected chi connectivity index (χ2v) is 6.97. The summed E-state index contributed by atoms with van der Waals surface area (Å²) in [5, 5.41) is 2.69. The summed E-state index contributed by atoms with van der Waals surface area (Å²) in [5.41, 5.74) is 0.415. The third-order valence-corrected chi connectivity index (χ3v) is 4.61. The molecule has 1 atom stereocenters. The number of hydrogen-bond acceptors (Lipinski definition) is 5. The second kappa shape index (κ2) is 9.94. The van der Waals surface area contributed by atoms with Crippen molar-refractivity contribution in [2.24, 2.45) is 5.92 Å². The zero-order chi connectivity index (χ0) is 19.8. The molecule has 0 unspecified atom stereocenters. The van der Waals surface area contributed by atoms with Crippen LogP contribution in [-0.4, -0.2) is 55.5 Å². The Morgan fingerprint density at radius 1 is 1.07 bits per heavy atom. The van der Waals surface area contributed by atoms with Gasteiger partial charge in [0, 0.05) is 18.7 Å². The molecule has 1 aromatic carbocycles. The van der Waals surface area contributed by atoms with Crippen molar-refractivity contribution in [3.63, 3.8) is 0 Å². The minimum Gasteiger partial charge on any atom is -0.497 e. The summed E-state index contributed by atoms with van der Waals surface area (Å²) in [6, 6.07) is 5.77. The summed E-state index contributed by atoms with van der Waals surface area (Å²) in [6.45, 7) is 4.75. The highest BCUT2D eigenvalue weighted by molar-refractivity contribution is 5.97. The van der Waals surface area contributed by atoms with Crippen molar-refractivity contribution < 1.29 is 23.9 Å². The first-order valence-electron chi connectivity index (χ1n) is 9.31. The predicted molar refractivity (Wildman–Crippen MR) is 100 cm³/mol. The van der Waals surface area contributed by atoms with Crippen LogP contribution in [0.5, 0.6) is 5.75 Å². The SMILES string of the molecule is COc1ccc(C(=O)N[C@H](C(=O)OCC(=O)N2CCCCC2)C(C)C)cc1. The minimum atomic E-state index is -0.825. The molecule has 2 amide bonds. The number of nitrogens with zero attached hydrogens (tertiary/aromatic N) is 1. The molecule has 0 bridgehead atoms. The fourth-order valence-electron chi connectivity index (χ4n) is 2.92. The number of nitrogens with one attached hydrogen (secondary N) is 1. The number of esters is 1. The van der Waals surface area contributed by atoms with E-state index in [0.717, 1.165) is 19.3 Å². The number of hydrogen-bond donors (Lipinski definition) is 1. The van der Waals surface area contributed by atoms with E-state index in [1.54, 1.807) is 36.3 Å². The van der Waals surface area contributed by atoms with Gasteiger partial charge in [0.15, 0.2) is 6.61 Å². The van der Waals surface area contributed by atoms with E-state index < -0.39 is 12.0 Å². The Morgan fingerprint density at radius 2 is 1.70 bits per heavy atom. The van der Waals surface area contributed by atoms with Crippen molar-refractivity contribution in [2.45, 2.75) is 39.2 Å². The van der Waals surface area contributed by atoms with Gasteiger partial charge >= 0.3 is 5.97 Å². The number of ether oxygens (including phenoxy) is 2. The van der Waals surface area contributed by atoms with E-state index in [9.17, 15) is 14.4 Å². The second-order valence-electron chi connectivity index (χ2n) is 6.97. The predicted octanol–water partition coefficient (Wildman–Crippen LogP) is 2.01. The Balaban J connectivity index is 1.91. The Kier molecular flexibility index (Phi) is 7.64. The van der Waals surface area contributed by atoms with Crippen LogP contribution in [0.2, 0.25) is 0 Å². The van der Waals surface area contributed by atoms with Gasteiger partial charge in [0.25, 0.3) is 11.8 Å². The van der Waals surface area contributed by atoms with Crippen molar-refractivity contribution in [1.82, 2.24) is 10.2 Å². The number of carbonyl (C=O) groups is 3. The van der Waals surface area contributed by atoms with E-state index in [1.165, 1.54) is 0 Å². The maximum absolute atomic E-state index is 12.4. The standard InChI is InChI=1S/C20H28N2O5/c1-14(2)18(21-19(24)15-7-9-16(26-3)10-8-15)20(25)27-13-17(23)22-11-5-4-6-12-22/h7-10,14,18H,4-6,11-13H2,1-3H3,(H,21,24)/t18-/m0/s1. The van der Waals surface area contributed by atoms with E-state index in [2.05, 4.69) is 5.32 Å². The molecule has 1 heterocycles. The van der Waals surface area contributed by atoms with Gasteiger partial charge in [-0.25, -0.2) is 4.79 Å². The number of likely N-dealkylation sites (tertiary alicyclic amines) is 1. The highest BCUT2D eigenvalue weighted by Gasteiger charge is 2.27. The molecule has 0 aromatic heterocycles. The molecule has 0 aliphatic carbocycles. The third-order valence-electron chi connectivity index (χ3n) is 4.61. The van der Waals surface area contributed by atoms with E-state index >= 15 is 0 Å². The topological polar surface area (TPSA) is 84.9 Å². The van der Waals surface area contributed by atoms with Gasteiger partial charge in [-0.15, -0.1) is 0 Å². The number of methoxy groups -OCH3 is 1. The smallest absolute Gasteiger partial charge is 0.329 e. The molecule has 2 rings (SSSR count). The lowest BCUT2D eigenvalue weighted by Gasteiger charge is -2.27. The van der Waals surface area contributed by atoms with Crippen LogP contribution >= 0.6 is 0 Å². The summed E-state index contributed by atoms with van der Waals surface area (Å²) < 4.78 is 10.3. The first-order chi connectivity index (χ1) is 12.9. The van der Waals surface area contributed by atoms with Crippen molar-refractivity contribution in [3.8, 4) is 5.75 Å². The summed E-state index contributed by atoms with van der Waals surface area (Å²) in [4.78, 5) is 38.7. The van der Waals surface area contributed by atoms with Gasteiger partial charge in [-0.3, -0.25) is 9.59 Å². The molecule has 1 saturated heterocycles. The van der Waals surface area contributed by atoms with Crippen molar-refractivity contribution in [1.29, 1.82) is 0 Å². The maximum atomic E-state index is 12.4. The Morgan fingerprint density at radius 3 is 2.26 bits per heavy atom. The molecule has 1 aliphatic rings. The van der Waals surface area contributed by atoms with E-state index in [4.69, 9.17) is 9.47 Å². The van der Waals surface area contributed by atoms with Crippen molar-refractivity contribution in [2.75, 3.05) is 26.8 Å². The van der Waals surface area contributed by atoms with Crippen LogP contribution in [0.15, 0.2) is 24.3 Å². The van der Waals surface area contributed by atoms with Gasteiger partial charge in [0.05, 0.1) is 7.11 Å². The van der Waals surface area contributed by atoms with Crippen LogP contribution in [0, 0.1) is 5.92 Å². The molecule has 1 aromatic rings. The van der Waals surface area contributed by atoms with Gasteiger partial charge in [0.2, 0.25) is 0 Å². The molecule has 7 heteroatoms. The zero-order valence-electron chi connectivity index (χ0n) is 16.2. The number of carbonyl (C=O) groups excluding carboxylic acids is 3. The molecule has 1 aliphatic heterocycles. The molecule has 1 N–H and O–H groups in total. The van der Waals surface area contributed by atoms with Crippen LogP contribution in [0.25, 0.3) is 0 Å². The first-order valence-corrected chi connectivity index (χ1v) is 9.31. The van der Waals surface area contributed by atoms with Crippen molar-refractivity contribution >= 4 is 17.8 Å². The lowest BCUT2D eigenvalue weighted by Crippen LogP contribution is -2.46. The third kappa shape index (κ3) is 5.98. The van der Waals surface area contributed by atoms with Crippen LogP contribution < -0.4 is 10.1 Å². The number of benzene rings is 1. The van der Waals surface area contributed by atoms with Crippen LogP contribution in [0.4, 0.5) is 0 Å². The Hall–Kier alpha value is -2.57. The fourth-order valence-corrected chi connectivity index (χ4v) is 2.92. The zero-order valence-corrected chi connectivity index (χ0v) is 16.2. The van der Waals surface area contributed by atoms with Gasteiger partial charge < -0.3 is 19.7 Å². The molecule has 0 radical (unpaired) electrons. The van der Waals surface area contributed by atoms with Crippen LogP contribution in [-0.2, 0) is 14.3 Å². The number of amides is 2. The summed E-state index contributed by atoms with van der Waals surface area (Å²) in [5.74, 6) is -0.702. The van der Waals surface area contributed by atoms with E-state index in [-0.39, 0.29) is 24.3 Å². The molecule has 0 spiro atoms. The Labute approximate surface area is 160 Å². The maximum Gasteiger partial charge on any atom is 0.329 e. The van der Waals surface area contributed by atoms with E-state index in [1.807, 2.05) is 13.8 Å². The van der Waals surface area contributed by atoms with Gasteiger partial charge in [-0.1, -0.05) is 13.8 Å².